The topological polar surface area (TPSA) is 18.5 Å². The zero-order valence-corrected chi connectivity index (χ0v) is 28.0. The summed E-state index contributed by atoms with van der Waals surface area (Å²) >= 11 is 0. The molecule has 45 heavy (non-hydrogen) atoms. The maximum absolute atomic E-state index is 7.42. The van der Waals surface area contributed by atoms with Gasteiger partial charge in [-0.05, 0) is 33.4 Å². The van der Waals surface area contributed by atoms with Crippen LogP contribution in [0.25, 0.3) is 22.2 Å². The van der Waals surface area contributed by atoms with Crippen molar-refractivity contribution < 1.29 is 9.05 Å². The van der Waals surface area contributed by atoms with Crippen LogP contribution in [0.15, 0.2) is 144 Å². The molecule has 4 heterocycles. The van der Waals surface area contributed by atoms with Gasteiger partial charge in [-0.25, -0.2) is 0 Å². The lowest BCUT2D eigenvalue weighted by Crippen LogP contribution is -2.38. The van der Waals surface area contributed by atoms with Crippen LogP contribution in [0.5, 0.6) is 0 Å². The van der Waals surface area contributed by atoms with E-state index in [1.807, 2.05) is 0 Å². The zero-order chi connectivity index (χ0) is 30.6. The van der Waals surface area contributed by atoms with Crippen molar-refractivity contribution in [1.82, 2.24) is 0 Å². The fourth-order valence-electron chi connectivity index (χ4n) is 9.30. The number of rotatable bonds is 4. The van der Waals surface area contributed by atoms with E-state index < -0.39 is 16.3 Å². The fourth-order valence-corrected chi connectivity index (χ4v) is 14.8. The third-order valence-corrected chi connectivity index (χ3v) is 15.2. The molecule has 0 saturated carbocycles. The Morgan fingerprint density at radius 2 is 0.867 bits per heavy atom. The first-order chi connectivity index (χ1) is 21.8. The van der Waals surface area contributed by atoms with E-state index >= 15 is 0 Å². The van der Waals surface area contributed by atoms with Gasteiger partial charge in [0, 0.05) is 45.0 Å². The van der Waals surface area contributed by atoms with Crippen molar-refractivity contribution in [2.45, 2.75) is 27.7 Å². The van der Waals surface area contributed by atoms with Gasteiger partial charge in [-0.3, -0.25) is 0 Å². The van der Waals surface area contributed by atoms with Gasteiger partial charge < -0.3 is 9.05 Å². The van der Waals surface area contributed by atoms with E-state index in [9.17, 15) is 0 Å². The van der Waals surface area contributed by atoms with Crippen LogP contribution in [0, 0.1) is 16.2 Å². The van der Waals surface area contributed by atoms with Crippen LogP contribution in [0.1, 0.15) is 49.9 Å². The molecule has 4 heteroatoms. The second-order valence-electron chi connectivity index (χ2n) is 13.9. The number of fused-ring (bicyclic) bond motifs is 8. The molecule has 9 rings (SSSR count). The van der Waals surface area contributed by atoms with E-state index in [2.05, 4.69) is 149 Å². The van der Waals surface area contributed by atoms with Gasteiger partial charge in [0.25, 0.3) is 0 Å². The molecule has 4 aliphatic heterocycles. The van der Waals surface area contributed by atoms with Crippen LogP contribution >= 0.6 is 16.3 Å². The summed E-state index contributed by atoms with van der Waals surface area (Å²) in [6.45, 7) is 9.96. The lowest BCUT2D eigenvalue weighted by Gasteiger charge is -2.47. The highest BCUT2D eigenvalue weighted by molar-refractivity contribution is 7.65. The number of benzene rings is 4. The largest absolute Gasteiger partial charge is 0.468 e. The van der Waals surface area contributed by atoms with Gasteiger partial charge in [0.2, 0.25) is 0 Å². The van der Waals surface area contributed by atoms with E-state index in [-0.39, 0.29) is 16.2 Å². The quantitative estimate of drug-likeness (QED) is 0.211. The van der Waals surface area contributed by atoms with E-state index in [0.29, 0.717) is 0 Å². The maximum atomic E-state index is 7.42. The predicted molar refractivity (Wildman–Crippen MR) is 189 cm³/mol. The van der Waals surface area contributed by atoms with E-state index in [4.69, 9.17) is 9.05 Å². The Labute approximate surface area is 268 Å². The minimum absolute atomic E-state index is 0.139. The van der Waals surface area contributed by atoms with Gasteiger partial charge in [-0.15, -0.1) is 0 Å². The van der Waals surface area contributed by atoms with Crippen molar-refractivity contribution >= 4 is 38.5 Å². The number of hydrogen-bond donors (Lipinski definition) is 0. The van der Waals surface area contributed by atoms with E-state index in [1.54, 1.807) is 0 Å². The molecule has 0 saturated heterocycles. The van der Waals surface area contributed by atoms with Crippen LogP contribution in [0.4, 0.5) is 0 Å². The summed E-state index contributed by atoms with van der Waals surface area (Å²) in [4.78, 5) is 0. The minimum Gasteiger partial charge on any atom is -0.468 e. The van der Waals surface area contributed by atoms with Crippen LogP contribution < -0.4 is 0 Å². The predicted octanol–water partition coefficient (Wildman–Crippen LogP) is 11.6. The second kappa shape index (κ2) is 9.65. The Kier molecular flexibility index (Phi) is 5.92. The van der Waals surface area contributed by atoms with Crippen molar-refractivity contribution in [3.05, 3.63) is 166 Å². The van der Waals surface area contributed by atoms with Crippen LogP contribution in [-0.4, -0.2) is 12.3 Å². The molecule has 0 spiro atoms. The van der Waals surface area contributed by atoms with E-state index in [1.165, 1.54) is 49.6 Å². The Balaban J connectivity index is 1.26. The van der Waals surface area contributed by atoms with Gasteiger partial charge in [-0.2, -0.15) is 0 Å². The molecule has 0 aromatic heterocycles. The summed E-state index contributed by atoms with van der Waals surface area (Å²) in [6, 6.07) is 43.8. The molecular formula is C41H36O2P2. The average Bonchev–Trinajstić information content (AvgIpc) is 3.56. The first-order valence-electron chi connectivity index (χ1n) is 16.0. The van der Waals surface area contributed by atoms with Crippen molar-refractivity contribution in [3.8, 4) is 0 Å². The number of hydrogen-bond acceptors (Lipinski definition) is 2. The monoisotopic (exact) mass is 622 g/mol. The zero-order valence-electron chi connectivity index (χ0n) is 26.2. The van der Waals surface area contributed by atoms with Gasteiger partial charge in [0.05, 0.1) is 5.31 Å². The van der Waals surface area contributed by atoms with Crippen LogP contribution in [0.3, 0.4) is 0 Å². The Bertz CT molecular complexity index is 1990. The smallest absolute Gasteiger partial charge is 0.135 e. The van der Waals surface area contributed by atoms with Crippen LogP contribution in [0.2, 0.25) is 0 Å². The normalized spacial score (nSPS) is 29.1. The summed E-state index contributed by atoms with van der Waals surface area (Å²) in [6.07, 6.45) is 2.02. The molecule has 0 amide bonds. The Morgan fingerprint density at radius 1 is 0.444 bits per heavy atom. The molecular weight excluding hydrogens is 586 g/mol. The van der Waals surface area contributed by atoms with Crippen molar-refractivity contribution in [3.63, 3.8) is 0 Å². The molecule has 4 atom stereocenters. The molecule has 2 nitrogen and oxygen atoms in total. The van der Waals surface area contributed by atoms with Crippen molar-refractivity contribution in [2.75, 3.05) is 12.3 Å². The highest BCUT2D eigenvalue weighted by Gasteiger charge is 2.67. The summed E-state index contributed by atoms with van der Waals surface area (Å²) < 4.78 is 14.7. The van der Waals surface area contributed by atoms with Gasteiger partial charge in [-0.1, -0.05) is 149 Å². The third kappa shape index (κ3) is 3.71. The number of allylic oxidation sites excluding steroid dienone is 5. The van der Waals surface area contributed by atoms with Crippen LogP contribution in [-0.2, 0) is 9.05 Å². The molecule has 222 valence electrons. The molecule has 1 unspecified atom stereocenters. The SMILES string of the molecule is CC1(C)C2=C(O[P@@]3C[C@@]2(C)C(c2ccccc2)=C3c2ccccc2)C2=C1[C@@]1(C)CP2OC(c2ccccc2)=C1c1ccccc1. The lowest BCUT2D eigenvalue weighted by atomic mass is 9.59. The second-order valence-corrected chi connectivity index (χ2v) is 17.3. The maximum Gasteiger partial charge on any atom is 0.135 e. The van der Waals surface area contributed by atoms with Gasteiger partial charge in [0.15, 0.2) is 0 Å². The summed E-state index contributed by atoms with van der Waals surface area (Å²) in [7, 11) is -1.76. The Hall–Kier alpha value is -3.70. The molecule has 4 aromatic carbocycles. The van der Waals surface area contributed by atoms with E-state index in [0.717, 1.165) is 29.4 Å². The van der Waals surface area contributed by atoms with Crippen molar-refractivity contribution in [1.29, 1.82) is 0 Å². The standard InChI is InChI=1S/C41H36O2P2/c1-39(2)37-34(43-44-26-41(37,4)32(28-19-11-6-12-20-28)35(44)30-23-15-8-16-24-30)36-38(39)40(3)25-45(36)42-33(29-21-13-7-14-22-29)31(40)27-17-9-5-10-18-27/h5-24H,25-26H2,1-4H3/t40-,41-,44-,45?/m0/s1. The molecule has 4 aromatic rings. The lowest BCUT2D eigenvalue weighted by molar-refractivity contribution is 0.348. The summed E-state index contributed by atoms with van der Waals surface area (Å²) in [5.41, 5.74) is 10.2. The van der Waals surface area contributed by atoms with Crippen molar-refractivity contribution in [2.24, 2.45) is 16.2 Å². The van der Waals surface area contributed by atoms with Gasteiger partial charge >= 0.3 is 0 Å². The molecule has 5 aliphatic rings. The highest BCUT2D eigenvalue weighted by atomic mass is 31.1. The molecule has 1 aliphatic carbocycles. The summed E-state index contributed by atoms with van der Waals surface area (Å²) in [5, 5.41) is 2.78. The molecule has 0 radical (unpaired) electrons. The highest BCUT2D eigenvalue weighted by Crippen LogP contribution is 2.84. The first kappa shape index (κ1) is 27.6. The first-order valence-corrected chi connectivity index (χ1v) is 18.8. The van der Waals surface area contributed by atoms with Gasteiger partial charge in [0.1, 0.15) is 27.8 Å². The minimum atomic E-state index is -0.905. The molecule has 0 fully saturated rings. The molecule has 0 N–H and O–H groups in total. The Morgan fingerprint density at radius 3 is 1.42 bits per heavy atom. The summed E-state index contributed by atoms with van der Waals surface area (Å²) in [5.74, 6) is 2.20. The third-order valence-electron chi connectivity index (χ3n) is 10.6. The molecule has 4 bridgehead atoms. The fraction of sp³-hybridized carbons (Fsp3) is 0.220. The average molecular weight is 623 g/mol.